The fourth-order valence-electron chi connectivity index (χ4n) is 11.5. The van der Waals surface area contributed by atoms with Gasteiger partial charge in [-0.3, -0.25) is 33.7 Å². The molecule has 0 unspecified atom stereocenters. The van der Waals surface area contributed by atoms with Crippen molar-refractivity contribution >= 4 is 62.5 Å². The second kappa shape index (κ2) is 14.2. The summed E-state index contributed by atoms with van der Waals surface area (Å²) >= 11 is 7.94. The van der Waals surface area contributed by atoms with E-state index in [9.17, 15) is 14.7 Å². The zero-order chi connectivity index (χ0) is 41.9. The third kappa shape index (κ3) is 5.79. The highest BCUT2D eigenvalue weighted by atomic mass is 35.5. The van der Waals surface area contributed by atoms with Gasteiger partial charge in [-0.05, 0) is 111 Å². The Balaban J connectivity index is 1.00. The van der Waals surface area contributed by atoms with Crippen molar-refractivity contribution in [1.29, 1.82) is 0 Å². The number of aromatic hydroxyl groups is 1. The molecule has 0 bridgehead atoms. The van der Waals surface area contributed by atoms with E-state index in [0.29, 0.717) is 46.9 Å². The van der Waals surface area contributed by atoms with Crippen LogP contribution in [0.5, 0.6) is 5.75 Å². The SMILES string of the molecule is Cc1cc([C@H]2C3=CC[C@@H]4C(=O)N(C5CCN(Cc6ccccc6)CC5)C(=O)[C@@H]4[C@@H]3C[C@H]3C(=O)N(c4cc(-c5sc6ccc(Cl)cc6c5C)nn4C)C(=O)[C@@]23C)cc(C)c1O. The van der Waals surface area contributed by atoms with Gasteiger partial charge in [0.25, 0.3) is 0 Å². The number of imide groups is 2. The van der Waals surface area contributed by atoms with Crippen LogP contribution in [0.2, 0.25) is 5.02 Å². The zero-order valence-corrected chi connectivity index (χ0v) is 36.0. The molecule has 3 aliphatic heterocycles. The van der Waals surface area contributed by atoms with Gasteiger partial charge in [0.1, 0.15) is 17.3 Å². The summed E-state index contributed by atoms with van der Waals surface area (Å²) in [6, 6.07) is 21.6. The van der Waals surface area contributed by atoms with Gasteiger partial charge >= 0.3 is 0 Å². The molecule has 12 heteroatoms. The zero-order valence-electron chi connectivity index (χ0n) is 34.4. The summed E-state index contributed by atoms with van der Waals surface area (Å²) in [5.41, 5.74) is 4.80. The maximum absolute atomic E-state index is 15.3. The molecular weight excluding hydrogens is 794 g/mol. The second-order valence-electron chi connectivity index (χ2n) is 17.9. The van der Waals surface area contributed by atoms with Gasteiger partial charge in [-0.1, -0.05) is 65.7 Å². The Labute approximate surface area is 358 Å². The van der Waals surface area contributed by atoms with Crippen LogP contribution in [0.3, 0.4) is 0 Å². The molecule has 5 aliphatic rings. The topological polar surface area (TPSA) is 116 Å². The lowest BCUT2D eigenvalue weighted by Gasteiger charge is -2.49. The largest absolute Gasteiger partial charge is 0.507 e. The lowest BCUT2D eigenvalue weighted by atomic mass is 9.51. The first-order chi connectivity index (χ1) is 28.8. The van der Waals surface area contributed by atoms with Gasteiger partial charge in [-0.25, -0.2) is 4.90 Å². The first-order valence-electron chi connectivity index (χ1n) is 21.0. The lowest BCUT2D eigenvalue weighted by molar-refractivity contribution is -0.144. The number of anilines is 1. The van der Waals surface area contributed by atoms with Crippen LogP contribution in [-0.2, 0) is 32.8 Å². The molecule has 2 aliphatic carbocycles. The van der Waals surface area contributed by atoms with Gasteiger partial charge in [0.2, 0.25) is 23.6 Å². The van der Waals surface area contributed by atoms with Crippen molar-refractivity contribution in [3.8, 4) is 16.3 Å². The lowest BCUT2D eigenvalue weighted by Crippen LogP contribution is -2.49. The summed E-state index contributed by atoms with van der Waals surface area (Å²) in [6.07, 6.45) is 4.21. The molecule has 6 atom stereocenters. The van der Waals surface area contributed by atoms with E-state index in [0.717, 1.165) is 51.3 Å². The first-order valence-corrected chi connectivity index (χ1v) is 22.2. The number of nitrogens with zero attached hydrogens (tertiary/aromatic N) is 5. The number of piperidine rings is 1. The number of amides is 4. The molecule has 5 heterocycles. The standard InChI is InChI=1S/C48H48ClN5O5S/c1-25-19-29(20-26(2)42(25)55)41-32-12-13-33-40(46(58)53(44(33)56)31-15-17-52(18-16-31)24-28-9-7-6-8-10-28)35(32)22-36-45(57)54(47(59)48(36,41)4)39-23-37(50-51(39)5)43-27(3)34-21-30(49)11-14-38(34)60-43/h6-12,14,19-21,23,31,33,35-36,40-41,55H,13,15-18,22,24H2,1-5H3/t33-,35+,36-,40-,41-,48+/m0/s1. The third-order valence-electron chi connectivity index (χ3n) is 14.5. The third-order valence-corrected chi connectivity index (χ3v) is 16.1. The average Bonchev–Trinajstić information content (AvgIpc) is 3.90. The van der Waals surface area contributed by atoms with Crippen molar-refractivity contribution in [2.75, 3.05) is 18.0 Å². The number of allylic oxidation sites excluding steroid dienone is 2. The first kappa shape index (κ1) is 39.1. The van der Waals surface area contributed by atoms with Gasteiger partial charge in [0.15, 0.2) is 0 Å². The molecule has 0 spiro atoms. The predicted molar refractivity (Wildman–Crippen MR) is 233 cm³/mol. The molecule has 4 fully saturated rings. The molecule has 5 aromatic rings. The quantitative estimate of drug-likeness (QED) is 0.135. The Morgan fingerprint density at radius 3 is 2.33 bits per heavy atom. The molecular formula is C48H48ClN5O5S. The van der Waals surface area contributed by atoms with Crippen LogP contribution in [0.15, 0.2) is 78.4 Å². The monoisotopic (exact) mass is 841 g/mol. The minimum atomic E-state index is -1.21. The van der Waals surface area contributed by atoms with Crippen molar-refractivity contribution in [2.24, 2.45) is 36.1 Å². The average molecular weight is 842 g/mol. The summed E-state index contributed by atoms with van der Waals surface area (Å²) in [4.78, 5) is 65.8. The summed E-state index contributed by atoms with van der Waals surface area (Å²) in [7, 11) is 1.75. The number of hydrogen-bond acceptors (Lipinski definition) is 8. The number of benzene rings is 3. The minimum absolute atomic E-state index is 0.111. The number of phenolic OH excluding ortho intramolecular Hbond substituents is 1. The van der Waals surface area contributed by atoms with Crippen molar-refractivity contribution in [3.05, 3.63) is 111 Å². The maximum Gasteiger partial charge on any atom is 0.242 e. The molecule has 2 aromatic heterocycles. The molecule has 308 valence electrons. The van der Waals surface area contributed by atoms with Crippen molar-refractivity contribution < 1.29 is 24.3 Å². The van der Waals surface area contributed by atoms with Crippen LogP contribution in [-0.4, -0.2) is 67.4 Å². The van der Waals surface area contributed by atoms with Crippen LogP contribution >= 0.6 is 22.9 Å². The summed E-state index contributed by atoms with van der Waals surface area (Å²) in [6.45, 7) is 10.0. The van der Waals surface area contributed by atoms with Crippen LogP contribution in [0, 0.1) is 49.9 Å². The molecule has 3 aromatic carbocycles. The van der Waals surface area contributed by atoms with Gasteiger partial charge < -0.3 is 5.11 Å². The molecule has 60 heavy (non-hydrogen) atoms. The number of thiophene rings is 1. The number of aryl methyl sites for hydroxylation is 4. The highest BCUT2D eigenvalue weighted by molar-refractivity contribution is 7.22. The van der Waals surface area contributed by atoms with Gasteiger partial charge in [-0.2, -0.15) is 5.10 Å². The number of carbonyl (C=O) groups excluding carboxylic acids is 4. The van der Waals surface area contributed by atoms with E-state index in [1.54, 1.807) is 28.0 Å². The number of halogens is 1. The molecule has 10 nitrogen and oxygen atoms in total. The van der Waals surface area contributed by atoms with E-state index in [1.165, 1.54) is 10.5 Å². The highest BCUT2D eigenvalue weighted by Gasteiger charge is 2.68. The van der Waals surface area contributed by atoms with Crippen LogP contribution in [0.4, 0.5) is 5.82 Å². The fourth-order valence-corrected chi connectivity index (χ4v) is 12.9. The predicted octanol–water partition coefficient (Wildman–Crippen LogP) is 8.48. The van der Waals surface area contributed by atoms with Crippen LogP contribution < -0.4 is 4.90 Å². The number of phenols is 1. The number of likely N-dealkylation sites (tertiary alicyclic amines) is 2. The Bertz CT molecular complexity index is 2660. The molecule has 0 radical (unpaired) electrons. The number of fused-ring (bicyclic) bond motifs is 5. The maximum atomic E-state index is 15.3. The van der Waals surface area contributed by atoms with E-state index in [1.807, 2.05) is 82.3 Å². The van der Waals surface area contributed by atoms with Gasteiger partial charge in [0.05, 0.1) is 28.0 Å². The number of hydrogen-bond donors (Lipinski definition) is 1. The summed E-state index contributed by atoms with van der Waals surface area (Å²) < 4.78 is 2.67. The molecule has 3 saturated heterocycles. The van der Waals surface area contributed by atoms with E-state index in [2.05, 4.69) is 23.1 Å². The van der Waals surface area contributed by atoms with Gasteiger partial charge in [0, 0.05) is 54.4 Å². The van der Waals surface area contributed by atoms with E-state index in [-0.39, 0.29) is 41.8 Å². The number of aromatic nitrogens is 2. The Morgan fingerprint density at radius 2 is 1.62 bits per heavy atom. The number of carbonyl (C=O) groups is 4. The van der Waals surface area contributed by atoms with E-state index < -0.39 is 35.0 Å². The fraction of sp³-hybridized carbons (Fsp3) is 0.396. The smallest absolute Gasteiger partial charge is 0.242 e. The Morgan fingerprint density at radius 1 is 0.900 bits per heavy atom. The molecule has 1 N–H and O–H groups in total. The van der Waals surface area contributed by atoms with Gasteiger partial charge in [-0.15, -0.1) is 11.3 Å². The van der Waals surface area contributed by atoms with Crippen molar-refractivity contribution in [1.82, 2.24) is 19.6 Å². The minimum Gasteiger partial charge on any atom is -0.507 e. The molecule has 10 rings (SSSR count). The molecule has 4 amide bonds. The summed E-state index contributed by atoms with van der Waals surface area (Å²) in [5.74, 6) is -3.20. The Kier molecular flexibility index (Phi) is 9.27. The van der Waals surface area contributed by atoms with Crippen molar-refractivity contribution in [2.45, 2.75) is 71.9 Å². The Hall–Kier alpha value is -5.10. The summed E-state index contributed by atoms with van der Waals surface area (Å²) in [5, 5.41) is 17.4. The van der Waals surface area contributed by atoms with E-state index in [4.69, 9.17) is 16.7 Å². The second-order valence-corrected chi connectivity index (χ2v) is 19.4. The highest BCUT2D eigenvalue weighted by Crippen LogP contribution is 2.64. The van der Waals surface area contributed by atoms with Crippen LogP contribution in [0.1, 0.15) is 66.3 Å². The molecule has 1 saturated carbocycles. The number of rotatable bonds is 6. The normalized spacial score (nSPS) is 27.2. The van der Waals surface area contributed by atoms with Crippen molar-refractivity contribution in [3.63, 3.8) is 0 Å². The van der Waals surface area contributed by atoms with E-state index >= 15 is 9.59 Å². The van der Waals surface area contributed by atoms with Crippen LogP contribution in [0.25, 0.3) is 20.7 Å².